The van der Waals surface area contributed by atoms with Crippen LogP contribution in [0.25, 0.3) is 10.6 Å². The van der Waals surface area contributed by atoms with Crippen LogP contribution in [0.1, 0.15) is 48.2 Å². The van der Waals surface area contributed by atoms with Gasteiger partial charge in [0.05, 0.1) is 5.69 Å². The second kappa shape index (κ2) is 9.88. The molecule has 1 unspecified atom stereocenters. The van der Waals surface area contributed by atoms with Gasteiger partial charge in [0, 0.05) is 23.2 Å². The summed E-state index contributed by atoms with van der Waals surface area (Å²) in [4.78, 5) is 4.82. The minimum Gasteiger partial charge on any atom is -0.482 e. The van der Waals surface area contributed by atoms with Crippen LogP contribution in [-0.2, 0) is 12.3 Å². The number of aryl methyl sites for hydroxylation is 3. The standard InChI is InChI=1S/C25H28N4OS2/c1-6-29-23(19(5)30-22-11-10-17(3)12-18(22)4)27-28-25(29)32-15-21-14-31-24(26-21)20-9-7-8-16(2)13-20/h7-14,19H,6,15H2,1-5H3. The lowest BCUT2D eigenvalue weighted by molar-refractivity contribution is 0.208. The van der Waals surface area contributed by atoms with E-state index in [2.05, 4.69) is 84.2 Å². The van der Waals surface area contributed by atoms with E-state index < -0.39 is 0 Å². The van der Waals surface area contributed by atoms with Crippen LogP contribution in [0.5, 0.6) is 5.75 Å². The van der Waals surface area contributed by atoms with E-state index in [1.807, 2.05) is 13.0 Å². The molecule has 0 aliphatic carbocycles. The van der Waals surface area contributed by atoms with Gasteiger partial charge in [-0.1, -0.05) is 53.2 Å². The van der Waals surface area contributed by atoms with E-state index in [9.17, 15) is 0 Å². The molecule has 2 aromatic carbocycles. The predicted octanol–water partition coefficient (Wildman–Crippen LogP) is 6.78. The molecule has 0 aliphatic rings. The van der Waals surface area contributed by atoms with Gasteiger partial charge in [-0.3, -0.25) is 0 Å². The molecule has 0 fully saturated rings. The molecule has 32 heavy (non-hydrogen) atoms. The Labute approximate surface area is 197 Å². The van der Waals surface area contributed by atoms with Crippen molar-refractivity contribution >= 4 is 23.1 Å². The van der Waals surface area contributed by atoms with Crippen molar-refractivity contribution in [2.24, 2.45) is 0 Å². The molecule has 0 amide bonds. The van der Waals surface area contributed by atoms with E-state index in [0.29, 0.717) is 0 Å². The maximum atomic E-state index is 6.22. The van der Waals surface area contributed by atoms with Crippen molar-refractivity contribution in [3.05, 3.63) is 76.1 Å². The first-order valence-corrected chi connectivity index (χ1v) is 12.6. The summed E-state index contributed by atoms with van der Waals surface area (Å²) in [7, 11) is 0. The van der Waals surface area contributed by atoms with Gasteiger partial charge in [0.15, 0.2) is 17.1 Å². The van der Waals surface area contributed by atoms with Crippen LogP contribution >= 0.6 is 23.1 Å². The van der Waals surface area contributed by atoms with Crippen LogP contribution in [0.15, 0.2) is 53.0 Å². The van der Waals surface area contributed by atoms with Gasteiger partial charge >= 0.3 is 0 Å². The Bertz CT molecular complexity index is 1210. The first-order chi connectivity index (χ1) is 15.4. The topological polar surface area (TPSA) is 52.8 Å². The van der Waals surface area contributed by atoms with E-state index >= 15 is 0 Å². The Morgan fingerprint density at radius 1 is 1.06 bits per heavy atom. The summed E-state index contributed by atoms with van der Waals surface area (Å²) in [5.74, 6) is 2.48. The molecule has 2 aromatic heterocycles. The lowest BCUT2D eigenvalue weighted by atomic mass is 10.1. The van der Waals surface area contributed by atoms with E-state index in [1.165, 1.54) is 16.7 Å². The lowest BCUT2D eigenvalue weighted by Crippen LogP contribution is -2.12. The average molecular weight is 465 g/mol. The molecule has 0 spiro atoms. The quantitative estimate of drug-likeness (QED) is 0.269. The summed E-state index contributed by atoms with van der Waals surface area (Å²) in [5.41, 5.74) is 5.83. The summed E-state index contributed by atoms with van der Waals surface area (Å²) < 4.78 is 8.36. The fraction of sp³-hybridized carbons (Fsp3) is 0.320. The molecular formula is C25H28N4OS2. The Hall–Kier alpha value is -2.64. The van der Waals surface area contributed by atoms with Gasteiger partial charge in [-0.2, -0.15) is 0 Å². The zero-order chi connectivity index (χ0) is 22.7. The highest BCUT2D eigenvalue weighted by atomic mass is 32.2. The molecule has 4 aromatic rings. The van der Waals surface area contributed by atoms with Crippen LogP contribution in [0.4, 0.5) is 0 Å². The molecule has 0 aliphatic heterocycles. The van der Waals surface area contributed by atoms with Gasteiger partial charge in [-0.15, -0.1) is 21.5 Å². The third-order valence-corrected chi connectivity index (χ3v) is 7.17. The van der Waals surface area contributed by atoms with Crippen molar-refractivity contribution < 1.29 is 4.74 Å². The van der Waals surface area contributed by atoms with Gasteiger partial charge in [0.1, 0.15) is 10.8 Å². The van der Waals surface area contributed by atoms with E-state index in [1.54, 1.807) is 23.1 Å². The summed E-state index contributed by atoms with van der Waals surface area (Å²) >= 11 is 3.35. The maximum Gasteiger partial charge on any atom is 0.191 e. The van der Waals surface area contributed by atoms with Crippen molar-refractivity contribution in [1.29, 1.82) is 0 Å². The molecule has 4 rings (SSSR count). The smallest absolute Gasteiger partial charge is 0.191 e. The van der Waals surface area contributed by atoms with Crippen molar-refractivity contribution in [1.82, 2.24) is 19.7 Å². The van der Waals surface area contributed by atoms with Gasteiger partial charge in [-0.05, 0) is 52.3 Å². The molecule has 5 nitrogen and oxygen atoms in total. The van der Waals surface area contributed by atoms with E-state index in [4.69, 9.17) is 9.72 Å². The molecule has 7 heteroatoms. The third kappa shape index (κ3) is 5.05. The lowest BCUT2D eigenvalue weighted by Gasteiger charge is -2.17. The second-order valence-corrected chi connectivity index (χ2v) is 9.72. The van der Waals surface area contributed by atoms with Crippen LogP contribution in [0.3, 0.4) is 0 Å². The maximum absolute atomic E-state index is 6.22. The molecule has 0 saturated carbocycles. The molecule has 0 bridgehead atoms. The number of thiazole rings is 1. The summed E-state index contributed by atoms with van der Waals surface area (Å²) in [6.07, 6.45) is -0.189. The predicted molar refractivity (Wildman–Crippen MR) is 133 cm³/mol. The van der Waals surface area contributed by atoms with Crippen LogP contribution in [-0.4, -0.2) is 19.7 Å². The third-order valence-electron chi connectivity index (χ3n) is 5.23. The number of hydrogen-bond donors (Lipinski definition) is 0. The number of nitrogens with zero attached hydrogens (tertiary/aromatic N) is 4. The van der Waals surface area contributed by atoms with Crippen LogP contribution in [0.2, 0.25) is 0 Å². The molecule has 166 valence electrons. The average Bonchev–Trinajstić information content (AvgIpc) is 3.41. The summed E-state index contributed by atoms with van der Waals surface area (Å²) in [6.45, 7) is 11.2. The molecule has 0 N–H and O–H groups in total. The van der Waals surface area contributed by atoms with Gasteiger partial charge in [0.2, 0.25) is 0 Å². The highest BCUT2D eigenvalue weighted by Gasteiger charge is 2.20. The second-order valence-electron chi connectivity index (χ2n) is 7.92. The number of benzene rings is 2. The first-order valence-electron chi connectivity index (χ1n) is 10.8. The normalized spacial score (nSPS) is 12.2. The van der Waals surface area contributed by atoms with Crippen molar-refractivity contribution in [3.63, 3.8) is 0 Å². The van der Waals surface area contributed by atoms with Crippen LogP contribution in [0, 0.1) is 20.8 Å². The monoisotopic (exact) mass is 464 g/mol. The molecule has 0 saturated heterocycles. The highest BCUT2D eigenvalue weighted by Crippen LogP contribution is 2.30. The fourth-order valence-corrected chi connectivity index (χ4v) is 5.43. The Morgan fingerprint density at radius 3 is 2.62 bits per heavy atom. The molecule has 1 atom stereocenters. The van der Waals surface area contributed by atoms with Crippen LogP contribution < -0.4 is 4.74 Å². The number of hydrogen-bond acceptors (Lipinski definition) is 6. The van der Waals surface area contributed by atoms with Crippen molar-refractivity contribution in [2.75, 3.05) is 0 Å². The SMILES string of the molecule is CCn1c(SCc2csc(-c3cccc(C)c3)n2)nnc1C(C)Oc1ccc(C)cc1C. The Morgan fingerprint density at radius 2 is 1.88 bits per heavy atom. The summed E-state index contributed by atoms with van der Waals surface area (Å²) in [5, 5.41) is 13.0. The number of thioether (sulfide) groups is 1. The van der Waals surface area contributed by atoms with Gasteiger partial charge in [0.25, 0.3) is 0 Å². The molecule has 0 radical (unpaired) electrons. The number of aromatic nitrogens is 4. The van der Waals surface area contributed by atoms with E-state index in [0.717, 1.165) is 45.3 Å². The van der Waals surface area contributed by atoms with Crippen molar-refractivity contribution in [2.45, 2.75) is 58.2 Å². The first kappa shape index (κ1) is 22.6. The zero-order valence-corrected chi connectivity index (χ0v) is 20.8. The Kier molecular flexibility index (Phi) is 6.96. The minimum atomic E-state index is -0.189. The van der Waals surface area contributed by atoms with Crippen molar-refractivity contribution in [3.8, 4) is 16.3 Å². The molecular weight excluding hydrogens is 436 g/mol. The largest absolute Gasteiger partial charge is 0.482 e. The highest BCUT2D eigenvalue weighted by molar-refractivity contribution is 7.98. The van der Waals surface area contributed by atoms with E-state index in [-0.39, 0.29) is 6.10 Å². The fourth-order valence-electron chi connectivity index (χ4n) is 3.60. The minimum absolute atomic E-state index is 0.189. The molecule has 2 heterocycles. The van der Waals surface area contributed by atoms with Gasteiger partial charge < -0.3 is 9.30 Å². The number of rotatable bonds is 8. The Balaban J connectivity index is 1.45. The number of ether oxygens (including phenoxy) is 1. The zero-order valence-electron chi connectivity index (χ0n) is 19.1. The van der Waals surface area contributed by atoms with Gasteiger partial charge in [-0.25, -0.2) is 4.98 Å². The summed E-state index contributed by atoms with van der Waals surface area (Å²) in [6, 6.07) is 14.7.